The molecule has 0 aliphatic heterocycles. The van der Waals surface area contributed by atoms with E-state index in [4.69, 9.17) is 10.7 Å². The molecular weight excluding hydrogens is 385 g/mol. The molecule has 2 aromatic rings. The summed E-state index contributed by atoms with van der Waals surface area (Å²) in [5.41, 5.74) is 7.64. The zero-order valence-corrected chi connectivity index (χ0v) is 16.8. The number of carbonyl (C=O) groups is 1. The Morgan fingerprint density at radius 2 is 1.89 bits per heavy atom. The summed E-state index contributed by atoms with van der Waals surface area (Å²) < 4.78 is 13.2. The van der Waals surface area contributed by atoms with Crippen molar-refractivity contribution in [2.75, 3.05) is 0 Å². The van der Waals surface area contributed by atoms with Crippen molar-refractivity contribution < 1.29 is 9.18 Å². The zero-order valence-electron chi connectivity index (χ0n) is 15.2. The van der Waals surface area contributed by atoms with Gasteiger partial charge >= 0.3 is 0 Å². The van der Waals surface area contributed by atoms with Crippen molar-refractivity contribution in [3.8, 4) is 10.6 Å². The van der Waals surface area contributed by atoms with E-state index in [1.807, 2.05) is 0 Å². The molecule has 2 aliphatic carbocycles. The fourth-order valence-corrected chi connectivity index (χ4v) is 5.19. The Kier molecular flexibility index (Phi) is 6.18. The smallest absolute Gasteiger partial charge is 0.240 e. The number of thiazole rings is 1. The van der Waals surface area contributed by atoms with Crippen LogP contribution in [0.5, 0.6) is 0 Å². The maximum atomic E-state index is 13.2. The summed E-state index contributed by atoms with van der Waals surface area (Å²) in [6.07, 6.45) is 7.58. The number of halogens is 2. The largest absolute Gasteiger partial charge is 0.347 e. The molecule has 0 spiro atoms. The molecule has 1 atom stereocenters. The van der Waals surface area contributed by atoms with Crippen LogP contribution in [0.4, 0.5) is 4.39 Å². The fourth-order valence-electron chi connectivity index (χ4n) is 3.98. The second-order valence-electron chi connectivity index (χ2n) is 7.47. The highest BCUT2D eigenvalue weighted by molar-refractivity contribution is 7.15. The predicted molar refractivity (Wildman–Crippen MR) is 109 cm³/mol. The van der Waals surface area contributed by atoms with Crippen molar-refractivity contribution in [2.24, 2.45) is 5.73 Å². The third-order valence-electron chi connectivity index (χ3n) is 5.54. The number of fused-ring (bicyclic) bond motifs is 1. The second kappa shape index (κ2) is 8.25. The molecule has 27 heavy (non-hydrogen) atoms. The SMILES string of the molecule is Cl.NC1(C(=O)NC2CCCc3nc(-c4ccc(F)cc4)sc32)CCCCC1. The van der Waals surface area contributed by atoms with Crippen LogP contribution in [0.3, 0.4) is 0 Å². The normalized spacial score (nSPS) is 21.0. The van der Waals surface area contributed by atoms with Gasteiger partial charge < -0.3 is 11.1 Å². The molecule has 0 saturated heterocycles. The van der Waals surface area contributed by atoms with Crippen LogP contribution < -0.4 is 11.1 Å². The fraction of sp³-hybridized carbons (Fsp3) is 0.500. The van der Waals surface area contributed by atoms with Gasteiger partial charge in [-0.3, -0.25) is 4.79 Å². The van der Waals surface area contributed by atoms with Gasteiger partial charge in [0.2, 0.25) is 5.91 Å². The lowest BCUT2D eigenvalue weighted by atomic mass is 9.81. The molecule has 7 heteroatoms. The van der Waals surface area contributed by atoms with E-state index in [1.165, 1.54) is 12.1 Å². The van der Waals surface area contributed by atoms with Crippen molar-refractivity contribution in [3.05, 3.63) is 40.7 Å². The third kappa shape index (κ3) is 4.18. The summed E-state index contributed by atoms with van der Waals surface area (Å²) in [7, 11) is 0. The number of nitrogens with one attached hydrogen (secondary N) is 1. The Balaban J connectivity index is 0.00000210. The van der Waals surface area contributed by atoms with Crippen LogP contribution in [0.1, 0.15) is 61.6 Å². The molecule has 1 amide bonds. The summed E-state index contributed by atoms with van der Waals surface area (Å²) in [6.45, 7) is 0. The minimum absolute atomic E-state index is 0. The van der Waals surface area contributed by atoms with E-state index in [0.29, 0.717) is 0 Å². The molecule has 1 saturated carbocycles. The van der Waals surface area contributed by atoms with E-state index in [9.17, 15) is 9.18 Å². The maximum Gasteiger partial charge on any atom is 0.240 e. The number of nitrogens with two attached hydrogens (primary N) is 1. The first kappa shape index (κ1) is 20.2. The predicted octanol–water partition coefficient (Wildman–Crippen LogP) is 4.53. The van der Waals surface area contributed by atoms with Crippen LogP contribution in [0, 0.1) is 5.82 Å². The number of benzene rings is 1. The number of nitrogens with zero attached hydrogens (tertiary/aromatic N) is 1. The molecule has 1 aromatic carbocycles. The summed E-state index contributed by atoms with van der Waals surface area (Å²) in [5.74, 6) is -0.271. The second-order valence-corrected chi connectivity index (χ2v) is 8.50. The van der Waals surface area contributed by atoms with Crippen LogP contribution in [0.25, 0.3) is 10.6 Å². The molecule has 1 fully saturated rings. The summed E-state index contributed by atoms with van der Waals surface area (Å²) in [4.78, 5) is 18.7. The van der Waals surface area contributed by atoms with Crippen LogP contribution >= 0.6 is 23.7 Å². The van der Waals surface area contributed by atoms with Gasteiger partial charge in [-0.15, -0.1) is 23.7 Å². The number of carbonyl (C=O) groups excluding carboxylic acids is 1. The van der Waals surface area contributed by atoms with Gasteiger partial charge in [-0.1, -0.05) is 19.3 Å². The van der Waals surface area contributed by atoms with E-state index in [-0.39, 0.29) is 30.2 Å². The molecule has 2 aliphatic rings. The molecular formula is C20H25ClFN3OS. The number of rotatable bonds is 3. The van der Waals surface area contributed by atoms with Crippen LogP contribution in [-0.2, 0) is 11.2 Å². The number of aryl methyl sites for hydroxylation is 1. The molecule has 146 valence electrons. The Labute approximate surface area is 169 Å². The lowest BCUT2D eigenvalue weighted by Gasteiger charge is -2.34. The minimum Gasteiger partial charge on any atom is -0.347 e. The number of hydrogen-bond acceptors (Lipinski definition) is 4. The van der Waals surface area contributed by atoms with E-state index in [1.54, 1.807) is 23.5 Å². The standard InChI is InChI=1S/C20H24FN3OS.ClH/c21-14-9-7-13(8-10-14)18-23-15-5-4-6-16(17(15)26-18)24-19(25)20(22)11-2-1-3-12-20;/h7-10,16H,1-6,11-12,22H2,(H,24,25);1H. The molecule has 1 unspecified atom stereocenters. The summed E-state index contributed by atoms with van der Waals surface area (Å²) in [6, 6.07) is 6.40. The lowest BCUT2D eigenvalue weighted by Crippen LogP contribution is -2.55. The van der Waals surface area contributed by atoms with Gasteiger partial charge in [0.1, 0.15) is 10.8 Å². The van der Waals surface area contributed by atoms with Crippen molar-refractivity contribution in [2.45, 2.75) is 62.9 Å². The van der Waals surface area contributed by atoms with Gasteiger partial charge in [-0.05, 0) is 56.4 Å². The van der Waals surface area contributed by atoms with E-state index < -0.39 is 5.54 Å². The van der Waals surface area contributed by atoms with Crippen LogP contribution in [0.15, 0.2) is 24.3 Å². The van der Waals surface area contributed by atoms with Crippen molar-refractivity contribution in [1.29, 1.82) is 0 Å². The van der Waals surface area contributed by atoms with Gasteiger partial charge in [0.05, 0.1) is 22.2 Å². The molecule has 0 radical (unpaired) electrons. The first-order chi connectivity index (χ1) is 12.5. The highest BCUT2D eigenvalue weighted by Crippen LogP contribution is 2.38. The molecule has 4 rings (SSSR count). The Morgan fingerprint density at radius 3 is 2.59 bits per heavy atom. The molecule has 0 bridgehead atoms. The molecule has 3 N–H and O–H groups in total. The van der Waals surface area contributed by atoms with Crippen LogP contribution in [-0.4, -0.2) is 16.4 Å². The molecule has 1 aromatic heterocycles. The first-order valence-electron chi connectivity index (χ1n) is 9.40. The Bertz CT molecular complexity index is 802. The van der Waals surface area contributed by atoms with Crippen molar-refractivity contribution >= 4 is 29.7 Å². The van der Waals surface area contributed by atoms with E-state index >= 15 is 0 Å². The highest BCUT2D eigenvalue weighted by Gasteiger charge is 2.37. The first-order valence-corrected chi connectivity index (χ1v) is 10.2. The van der Waals surface area contributed by atoms with Gasteiger partial charge in [0.15, 0.2) is 0 Å². The Hall–Kier alpha value is -1.50. The van der Waals surface area contributed by atoms with E-state index in [0.717, 1.165) is 72.5 Å². The minimum atomic E-state index is -0.722. The van der Waals surface area contributed by atoms with Gasteiger partial charge in [-0.2, -0.15) is 0 Å². The lowest BCUT2D eigenvalue weighted by molar-refractivity contribution is -0.128. The number of amides is 1. The number of aromatic nitrogens is 1. The zero-order chi connectivity index (χ0) is 18.1. The summed E-state index contributed by atoms with van der Waals surface area (Å²) >= 11 is 1.60. The number of hydrogen-bond donors (Lipinski definition) is 2. The maximum absolute atomic E-state index is 13.2. The topological polar surface area (TPSA) is 68.0 Å². The Morgan fingerprint density at radius 1 is 1.19 bits per heavy atom. The van der Waals surface area contributed by atoms with Gasteiger partial charge in [0, 0.05) is 5.56 Å². The van der Waals surface area contributed by atoms with Crippen LogP contribution in [0.2, 0.25) is 0 Å². The van der Waals surface area contributed by atoms with Crippen molar-refractivity contribution in [1.82, 2.24) is 10.3 Å². The average molecular weight is 410 g/mol. The monoisotopic (exact) mass is 409 g/mol. The molecule has 1 heterocycles. The highest BCUT2D eigenvalue weighted by atomic mass is 35.5. The van der Waals surface area contributed by atoms with E-state index in [2.05, 4.69) is 5.32 Å². The quantitative estimate of drug-likeness (QED) is 0.782. The summed E-state index contributed by atoms with van der Waals surface area (Å²) in [5, 5.41) is 4.09. The molecule has 4 nitrogen and oxygen atoms in total. The third-order valence-corrected chi connectivity index (χ3v) is 6.81. The van der Waals surface area contributed by atoms with Gasteiger partial charge in [0.25, 0.3) is 0 Å². The average Bonchev–Trinajstić information content (AvgIpc) is 3.08. The van der Waals surface area contributed by atoms with Gasteiger partial charge in [-0.25, -0.2) is 9.37 Å². The van der Waals surface area contributed by atoms with Crippen molar-refractivity contribution in [3.63, 3.8) is 0 Å².